The van der Waals surface area contributed by atoms with Gasteiger partial charge < -0.3 is 14.8 Å². The van der Waals surface area contributed by atoms with Crippen LogP contribution in [-0.2, 0) is 9.47 Å². The largest absolute Gasteiger partial charge is 0.352 e. The Labute approximate surface area is 110 Å². The smallest absolute Gasteiger partial charge is 0.169 e. The minimum atomic E-state index is -0.0807. The minimum Gasteiger partial charge on any atom is -0.352 e. The van der Waals surface area contributed by atoms with E-state index in [-0.39, 0.29) is 6.29 Å². The second kappa shape index (κ2) is 9.20. The van der Waals surface area contributed by atoms with Crippen molar-refractivity contribution in [2.45, 2.75) is 57.6 Å². The van der Waals surface area contributed by atoms with Crippen LogP contribution in [0, 0.1) is 0 Å². The Kier molecular flexibility index (Phi) is 8.27. The summed E-state index contributed by atoms with van der Waals surface area (Å²) in [7, 11) is 0. The van der Waals surface area contributed by atoms with Gasteiger partial charge in [-0.2, -0.15) is 11.8 Å². The van der Waals surface area contributed by atoms with Gasteiger partial charge in [0, 0.05) is 31.1 Å². The quantitative estimate of drug-likeness (QED) is 0.646. The Hall–Kier alpha value is 0.230. The molecule has 0 bridgehead atoms. The van der Waals surface area contributed by atoms with Gasteiger partial charge in [0.15, 0.2) is 6.29 Å². The molecule has 0 radical (unpaired) electrons. The van der Waals surface area contributed by atoms with E-state index in [0.717, 1.165) is 11.8 Å². The van der Waals surface area contributed by atoms with Crippen LogP contribution >= 0.6 is 11.8 Å². The zero-order valence-electron chi connectivity index (χ0n) is 11.4. The van der Waals surface area contributed by atoms with Crippen LogP contribution in [0.1, 0.15) is 40.0 Å². The zero-order chi connectivity index (χ0) is 12.5. The molecule has 1 N–H and O–H groups in total. The fourth-order valence-electron chi connectivity index (χ4n) is 2.31. The molecule has 0 aromatic heterocycles. The Morgan fingerprint density at radius 2 is 1.88 bits per heavy atom. The van der Waals surface area contributed by atoms with Crippen LogP contribution in [0.15, 0.2) is 0 Å². The second-order valence-corrected chi connectivity index (χ2v) is 5.91. The Bertz CT molecular complexity index is 186. The van der Waals surface area contributed by atoms with Gasteiger partial charge in [0.25, 0.3) is 0 Å². The van der Waals surface area contributed by atoms with Crippen LogP contribution < -0.4 is 5.32 Å². The molecule has 2 unspecified atom stereocenters. The van der Waals surface area contributed by atoms with Crippen LogP contribution in [0.2, 0.25) is 0 Å². The molecule has 3 nitrogen and oxygen atoms in total. The van der Waals surface area contributed by atoms with E-state index in [1.54, 1.807) is 0 Å². The van der Waals surface area contributed by atoms with E-state index in [2.05, 4.69) is 24.0 Å². The fourth-order valence-corrected chi connectivity index (χ4v) is 3.46. The minimum absolute atomic E-state index is 0.0807. The van der Waals surface area contributed by atoms with Gasteiger partial charge in [-0.05, 0) is 38.9 Å². The highest BCUT2D eigenvalue weighted by atomic mass is 32.2. The first kappa shape index (κ1) is 15.3. The van der Waals surface area contributed by atoms with Crippen molar-refractivity contribution in [1.82, 2.24) is 5.32 Å². The van der Waals surface area contributed by atoms with Crippen LogP contribution in [-0.4, -0.2) is 43.1 Å². The van der Waals surface area contributed by atoms with Crippen LogP contribution in [0.3, 0.4) is 0 Å². The number of rotatable bonds is 9. The predicted molar refractivity (Wildman–Crippen MR) is 74.6 cm³/mol. The van der Waals surface area contributed by atoms with Crippen molar-refractivity contribution >= 4 is 11.8 Å². The lowest BCUT2D eigenvalue weighted by atomic mass is 10.2. The molecule has 0 spiro atoms. The van der Waals surface area contributed by atoms with E-state index in [9.17, 15) is 0 Å². The lowest BCUT2D eigenvalue weighted by Crippen LogP contribution is -2.37. The highest BCUT2D eigenvalue weighted by Gasteiger charge is 2.24. The molecule has 0 heterocycles. The fraction of sp³-hybridized carbons (Fsp3) is 1.00. The third kappa shape index (κ3) is 6.09. The molecular weight excluding hydrogens is 234 g/mol. The number of nitrogens with one attached hydrogen (secondary N) is 1. The van der Waals surface area contributed by atoms with Gasteiger partial charge in [0.1, 0.15) is 0 Å². The second-order valence-electron chi connectivity index (χ2n) is 4.34. The molecule has 4 heteroatoms. The van der Waals surface area contributed by atoms with Gasteiger partial charge in [-0.1, -0.05) is 6.92 Å². The number of hydrogen-bond acceptors (Lipinski definition) is 4. The molecular formula is C13H27NO2S. The molecule has 1 aliphatic carbocycles. The molecule has 1 saturated carbocycles. The summed E-state index contributed by atoms with van der Waals surface area (Å²) in [6.07, 6.45) is 3.86. The maximum absolute atomic E-state index is 5.53. The summed E-state index contributed by atoms with van der Waals surface area (Å²) >= 11 is 2.09. The van der Waals surface area contributed by atoms with Crippen molar-refractivity contribution in [3.63, 3.8) is 0 Å². The Morgan fingerprint density at radius 3 is 2.47 bits per heavy atom. The van der Waals surface area contributed by atoms with E-state index < -0.39 is 0 Å². The lowest BCUT2D eigenvalue weighted by molar-refractivity contribution is -0.133. The van der Waals surface area contributed by atoms with Crippen molar-refractivity contribution in [3.8, 4) is 0 Å². The molecule has 1 fully saturated rings. The summed E-state index contributed by atoms with van der Waals surface area (Å²) in [6, 6.07) is 0.655. The molecule has 0 aromatic carbocycles. The van der Waals surface area contributed by atoms with E-state index >= 15 is 0 Å². The molecule has 102 valence electrons. The number of thioether (sulfide) groups is 1. The Balaban J connectivity index is 2.16. The highest BCUT2D eigenvalue weighted by molar-refractivity contribution is 7.99. The van der Waals surface area contributed by atoms with Gasteiger partial charge in [-0.15, -0.1) is 0 Å². The molecule has 0 saturated heterocycles. The summed E-state index contributed by atoms with van der Waals surface area (Å²) in [5, 5.41) is 4.43. The van der Waals surface area contributed by atoms with Gasteiger partial charge in [0.05, 0.1) is 0 Å². The molecule has 2 atom stereocenters. The molecule has 17 heavy (non-hydrogen) atoms. The summed E-state index contributed by atoms with van der Waals surface area (Å²) in [5.41, 5.74) is 0. The normalized spacial score (nSPS) is 24.7. The first-order valence-electron chi connectivity index (χ1n) is 6.88. The SMILES string of the molecule is CCOC(CNC1CCC(SCC)C1)OCC. The standard InChI is InChI=1S/C13H27NO2S/c1-4-15-13(16-5-2)10-14-11-7-8-12(9-11)17-6-3/h11-14H,4-10H2,1-3H3. The third-order valence-corrected chi connectivity index (χ3v) is 4.30. The van der Waals surface area contributed by atoms with E-state index in [4.69, 9.17) is 9.47 Å². The summed E-state index contributed by atoms with van der Waals surface area (Å²) < 4.78 is 11.1. The van der Waals surface area contributed by atoms with Crippen LogP contribution in [0.5, 0.6) is 0 Å². The number of hydrogen-bond donors (Lipinski definition) is 1. The van der Waals surface area contributed by atoms with E-state index in [1.165, 1.54) is 25.0 Å². The topological polar surface area (TPSA) is 30.5 Å². The third-order valence-electron chi connectivity index (χ3n) is 3.07. The van der Waals surface area contributed by atoms with Crippen molar-refractivity contribution in [2.75, 3.05) is 25.5 Å². The van der Waals surface area contributed by atoms with Crippen LogP contribution in [0.25, 0.3) is 0 Å². The average molecular weight is 261 g/mol. The Morgan fingerprint density at radius 1 is 1.18 bits per heavy atom. The van der Waals surface area contributed by atoms with E-state index in [1.807, 2.05) is 13.8 Å². The molecule has 0 aromatic rings. The zero-order valence-corrected chi connectivity index (χ0v) is 12.2. The summed E-state index contributed by atoms with van der Waals surface area (Å²) in [6.45, 7) is 8.50. The maximum atomic E-state index is 5.53. The molecule has 0 amide bonds. The molecule has 1 aliphatic rings. The first-order chi connectivity index (χ1) is 8.30. The van der Waals surface area contributed by atoms with Crippen molar-refractivity contribution in [3.05, 3.63) is 0 Å². The van der Waals surface area contributed by atoms with Gasteiger partial charge >= 0.3 is 0 Å². The van der Waals surface area contributed by atoms with Gasteiger partial charge in [-0.3, -0.25) is 0 Å². The molecule has 0 aliphatic heterocycles. The molecule has 1 rings (SSSR count). The average Bonchev–Trinajstić information content (AvgIpc) is 2.75. The monoisotopic (exact) mass is 261 g/mol. The summed E-state index contributed by atoms with van der Waals surface area (Å²) in [4.78, 5) is 0. The van der Waals surface area contributed by atoms with Crippen molar-refractivity contribution in [2.24, 2.45) is 0 Å². The predicted octanol–water partition coefficient (Wildman–Crippen LogP) is 2.65. The number of ether oxygens (including phenoxy) is 2. The first-order valence-corrected chi connectivity index (χ1v) is 7.93. The maximum Gasteiger partial charge on any atom is 0.169 e. The summed E-state index contributed by atoms with van der Waals surface area (Å²) in [5.74, 6) is 1.23. The lowest BCUT2D eigenvalue weighted by Gasteiger charge is -2.20. The van der Waals surface area contributed by atoms with E-state index in [0.29, 0.717) is 19.3 Å². The van der Waals surface area contributed by atoms with Gasteiger partial charge in [-0.25, -0.2) is 0 Å². The van der Waals surface area contributed by atoms with Gasteiger partial charge in [0.2, 0.25) is 0 Å². The van der Waals surface area contributed by atoms with Crippen LogP contribution in [0.4, 0.5) is 0 Å². The highest BCUT2D eigenvalue weighted by Crippen LogP contribution is 2.29. The van der Waals surface area contributed by atoms with Crippen molar-refractivity contribution < 1.29 is 9.47 Å². The van der Waals surface area contributed by atoms with Crippen molar-refractivity contribution in [1.29, 1.82) is 0 Å².